The van der Waals surface area contributed by atoms with Gasteiger partial charge in [0.25, 0.3) is 5.91 Å². The number of pyridine rings is 1. The highest BCUT2D eigenvalue weighted by molar-refractivity contribution is 5.95. The molecule has 1 fully saturated rings. The van der Waals surface area contributed by atoms with Crippen molar-refractivity contribution in [1.29, 1.82) is 0 Å². The fourth-order valence-corrected chi connectivity index (χ4v) is 3.67. The van der Waals surface area contributed by atoms with Gasteiger partial charge < -0.3 is 15.6 Å². The molecule has 3 aromatic rings. The minimum Gasteiger partial charge on any atom is -0.399 e. The molecule has 1 amide bonds. The van der Waals surface area contributed by atoms with Crippen molar-refractivity contribution in [1.82, 2.24) is 14.9 Å². The fraction of sp³-hybridized carbons (Fsp3) is 0.263. The van der Waals surface area contributed by atoms with E-state index in [-0.39, 0.29) is 28.9 Å². The number of aromatic amines is 1. The lowest BCUT2D eigenvalue weighted by molar-refractivity contribution is 0.0708. The zero-order chi connectivity index (χ0) is 18.3. The molecule has 0 aliphatic carbocycles. The summed E-state index contributed by atoms with van der Waals surface area (Å²) < 4.78 is 28.4. The normalized spacial score (nSPS) is 15.5. The summed E-state index contributed by atoms with van der Waals surface area (Å²) in [5.41, 5.74) is 7.12. The molecule has 0 atom stereocenters. The Hall–Kier alpha value is -2.96. The van der Waals surface area contributed by atoms with E-state index in [4.69, 9.17) is 5.73 Å². The Bertz CT molecular complexity index is 977. The molecule has 0 unspecified atom stereocenters. The standard InChI is InChI=1S/C19H18F2N4O/c20-15-9-12(22)1-2-13(15)19(26)25-7-4-11(5-8-25)17-14-3-6-23-18(14)24-10-16(17)21/h1-3,6,9-11H,4-5,7-8,22H2,(H,23,24). The van der Waals surface area contributed by atoms with Crippen molar-refractivity contribution in [3.8, 4) is 0 Å². The number of carbonyl (C=O) groups is 1. The number of anilines is 1. The summed E-state index contributed by atoms with van der Waals surface area (Å²) in [7, 11) is 0. The van der Waals surface area contributed by atoms with Gasteiger partial charge in [-0.2, -0.15) is 0 Å². The van der Waals surface area contributed by atoms with Crippen LogP contribution in [0.1, 0.15) is 34.7 Å². The van der Waals surface area contributed by atoms with Crippen LogP contribution < -0.4 is 5.73 Å². The average Bonchev–Trinajstić information content (AvgIpc) is 3.10. The van der Waals surface area contributed by atoms with Crippen LogP contribution in [0.5, 0.6) is 0 Å². The van der Waals surface area contributed by atoms with Crippen LogP contribution in [0.15, 0.2) is 36.7 Å². The second-order valence-electron chi connectivity index (χ2n) is 6.57. The summed E-state index contributed by atoms with van der Waals surface area (Å²) in [6, 6.07) is 5.89. The highest BCUT2D eigenvalue weighted by Gasteiger charge is 2.28. The maximum Gasteiger partial charge on any atom is 0.256 e. The summed E-state index contributed by atoms with van der Waals surface area (Å²) in [5.74, 6) is -1.31. The molecule has 7 heteroatoms. The summed E-state index contributed by atoms with van der Waals surface area (Å²) in [5, 5.41) is 0.777. The maximum atomic E-state index is 14.4. The molecule has 5 nitrogen and oxygen atoms in total. The molecule has 26 heavy (non-hydrogen) atoms. The van der Waals surface area contributed by atoms with Crippen LogP contribution in [0, 0.1) is 11.6 Å². The number of H-pyrrole nitrogens is 1. The molecule has 1 aromatic carbocycles. The number of benzene rings is 1. The Labute approximate surface area is 148 Å². The fourth-order valence-electron chi connectivity index (χ4n) is 3.67. The number of likely N-dealkylation sites (tertiary alicyclic amines) is 1. The predicted octanol–water partition coefficient (Wildman–Crippen LogP) is 3.44. The maximum absolute atomic E-state index is 14.4. The van der Waals surface area contributed by atoms with Crippen molar-refractivity contribution in [2.45, 2.75) is 18.8 Å². The van der Waals surface area contributed by atoms with E-state index >= 15 is 0 Å². The van der Waals surface area contributed by atoms with Gasteiger partial charge in [-0.05, 0) is 43.0 Å². The second kappa shape index (κ2) is 6.40. The number of amides is 1. The number of nitrogen functional groups attached to an aromatic ring is 1. The van der Waals surface area contributed by atoms with E-state index in [2.05, 4.69) is 9.97 Å². The van der Waals surface area contributed by atoms with Crippen LogP contribution in [0.2, 0.25) is 0 Å². The average molecular weight is 356 g/mol. The van der Waals surface area contributed by atoms with Crippen LogP contribution in [0.25, 0.3) is 11.0 Å². The lowest BCUT2D eigenvalue weighted by Gasteiger charge is -2.32. The first-order valence-corrected chi connectivity index (χ1v) is 8.50. The number of piperidine rings is 1. The van der Waals surface area contributed by atoms with E-state index in [1.54, 1.807) is 11.1 Å². The molecule has 0 bridgehead atoms. The van der Waals surface area contributed by atoms with E-state index < -0.39 is 5.82 Å². The molecule has 2 aromatic heterocycles. The number of nitrogens with zero attached hydrogens (tertiary/aromatic N) is 2. The highest BCUT2D eigenvalue weighted by atomic mass is 19.1. The van der Waals surface area contributed by atoms with E-state index in [0.717, 1.165) is 11.5 Å². The van der Waals surface area contributed by atoms with Crippen molar-refractivity contribution >= 4 is 22.6 Å². The van der Waals surface area contributed by atoms with Crippen LogP contribution >= 0.6 is 0 Å². The number of aromatic nitrogens is 2. The molecule has 0 saturated carbocycles. The third-order valence-electron chi connectivity index (χ3n) is 4.99. The van der Waals surface area contributed by atoms with E-state index in [9.17, 15) is 13.6 Å². The number of nitrogens with two attached hydrogens (primary N) is 1. The molecular formula is C19H18F2N4O. The van der Waals surface area contributed by atoms with Crippen molar-refractivity contribution in [2.24, 2.45) is 0 Å². The molecule has 0 spiro atoms. The number of hydrogen-bond donors (Lipinski definition) is 2. The lowest BCUT2D eigenvalue weighted by Crippen LogP contribution is -2.38. The summed E-state index contributed by atoms with van der Waals surface area (Å²) in [6.45, 7) is 0.891. The van der Waals surface area contributed by atoms with Crippen molar-refractivity contribution < 1.29 is 13.6 Å². The first kappa shape index (κ1) is 16.5. The zero-order valence-corrected chi connectivity index (χ0v) is 14.0. The Balaban J connectivity index is 1.53. The Kier molecular flexibility index (Phi) is 4.06. The second-order valence-corrected chi connectivity index (χ2v) is 6.57. The minimum absolute atomic E-state index is 0.00313. The van der Waals surface area contributed by atoms with Gasteiger partial charge in [-0.3, -0.25) is 4.79 Å². The van der Waals surface area contributed by atoms with Gasteiger partial charge in [-0.15, -0.1) is 0 Å². The van der Waals surface area contributed by atoms with E-state index in [1.165, 1.54) is 18.3 Å². The number of hydrogen-bond acceptors (Lipinski definition) is 3. The number of rotatable bonds is 2. The van der Waals surface area contributed by atoms with Gasteiger partial charge in [0.1, 0.15) is 17.3 Å². The predicted molar refractivity (Wildman–Crippen MR) is 94.7 cm³/mol. The van der Waals surface area contributed by atoms with Crippen LogP contribution in [-0.2, 0) is 0 Å². The summed E-state index contributed by atoms with van der Waals surface area (Å²) in [6.07, 6.45) is 4.20. The quantitative estimate of drug-likeness (QED) is 0.691. The molecule has 1 aliphatic rings. The number of carbonyl (C=O) groups excluding carboxylic acids is 1. The van der Waals surface area contributed by atoms with Crippen molar-refractivity contribution in [3.05, 3.63) is 59.4 Å². The zero-order valence-electron chi connectivity index (χ0n) is 14.0. The molecular weight excluding hydrogens is 338 g/mol. The first-order chi connectivity index (χ1) is 12.5. The third-order valence-corrected chi connectivity index (χ3v) is 4.99. The monoisotopic (exact) mass is 356 g/mol. The molecule has 134 valence electrons. The topological polar surface area (TPSA) is 75.0 Å². The Morgan fingerprint density at radius 3 is 2.69 bits per heavy atom. The third kappa shape index (κ3) is 2.79. The number of halogens is 2. The molecule has 3 heterocycles. The Morgan fingerprint density at radius 2 is 1.96 bits per heavy atom. The molecule has 3 N–H and O–H groups in total. The smallest absolute Gasteiger partial charge is 0.256 e. The van der Waals surface area contributed by atoms with Gasteiger partial charge in [0.15, 0.2) is 0 Å². The summed E-state index contributed by atoms with van der Waals surface area (Å²) >= 11 is 0. The van der Waals surface area contributed by atoms with Crippen LogP contribution in [0.4, 0.5) is 14.5 Å². The van der Waals surface area contributed by atoms with E-state index in [1.807, 2.05) is 6.07 Å². The van der Waals surface area contributed by atoms with E-state index in [0.29, 0.717) is 37.1 Å². The van der Waals surface area contributed by atoms with Crippen LogP contribution in [0.3, 0.4) is 0 Å². The largest absolute Gasteiger partial charge is 0.399 e. The van der Waals surface area contributed by atoms with Gasteiger partial charge in [0, 0.05) is 35.9 Å². The Morgan fingerprint density at radius 1 is 1.19 bits per heavy atom. The van der Waals surface area contributed by atoms with Crippen LogP contribution in [-0.4, -0.2) is 33.9 Å². The van der Waals surface area contributed by atoms with Gasteiger partial charge >= 0.3 is 0 Å². The minimum atomic E-state index is -0.619. The number of fused-ring (bicyclic) bond motifs is 1. The molecule has 1 aliphatic heterocycles. The first-order valence-electron chi connectivity index (χ1n) is 8.50. The molecule has 0 radical (unpaired) electrons. The highest BCUT2D eigenvalue weighted by Crippen LogP contribution is 2.34. The van der Waals surface area contributed by atoms with Crippen molar-refractivity contribution in [3.63, 3.8) is 0 Å². The molecule has 1 saturated heterocycles. The van der Waals surface area contributed by atoms with Gasteiger partial charge in [-0.1, -0.05) is 0 Å². The summed E-state index contributed by atoms with van der Waals surface area (Å²) in [4.78, 5) is 21.2. The van der Waals surface area contributed by atoms with Gasteiger partial charge in [-0.25, -0.2) is 13.8 Å². The number of nitrogens with one attached hydrogen (secondary N) is 1. The molecule has 4 rings (SSSR count). The SMILES string of the molecule is Nc1ccc(C(=O)N2CCC(c3c(F)cnc4[nH]ccc34)CC2)c(F)c1. The lowest BCUT2D eigenvalue weighted by atomic mass is 9.87. The van der Waals surface area contributed by atoms with Gasteiger partial charge in [0.2, 0.25) is 0 Å². The van der Waals surface area contributed by atoms with Crippen molar-refractivity contribution in [2.75, 3.05) is 18.8 Å². The van der Waals surface area contributed by atoms with Gasteiger partial charge in [0.05, 0.1) is 11.8 Å².